The van der Waals surface area contributed by atoms with Crippen LogP contribution in [0, 0.1) is 25.5 Å². The van der Waals surface area contributed by atoms with E-state index in [0.29, 0.717) is 15.6 Å². The second-order valence-corrected chi connectivity index (χ2v) is 11.0. The molecule has 2 heterocycles. The number of hydrogen-bond acceptors (Lipinski definition) is 5. The standard InChI is InChI=1S/C31H22BrF5N4O3/c1-16-9-21(30(31(35,36)37)13-26(41-44-30)18-3-6-23(33)7-4-18)10-17(2)27(16)40-28(42)19-5-8-24(34)25(12-19)39-29(43)20-11-22(32)15-38-14-20/h3-12,14-15H,13H2,1-2H3,(H,39,43)(H,40,42). The summed E-state index contributed by atoms with van der Waals surface area (Å²) in [7, 11) is 0. The molecule has 0 spiro atoms. The molecule has 13 heteroatoms. The molecule has 1 atom stereocenters. The maximum Gasteiger partial charge on any atom is 0.435 e. The minimum absolute atomic E-state index is 0.00498. The molecule has 1 aromatic heterocycles. The van der Waals surface area contributed by atoms with Gasteiger partial charge in [0.05, 0.1) is 17.0 Å². The van der Waals surface area contributed by atoms with Crippen molar-refractivity contribution in [3.63, 3.8) is 0 Å². The number of nitrogens with one attached hydrogen (secondary N) is 2. The molecule has 0 saturated heterocycles. The number of aryl methyl sites for hydroxylation is 2. The Morgan fingerprint density at radius 3 is 2.18 bits per heavy atom. The van der Waals surface area contributed by atoms with E-state index < -0.39 is 41.6 Å². The smallest absolute Gasteiger partial charge is 0.374 e. The monoisotopic (exact) mass is 672 g/mol. The summed E-state index contributed by atoms with van der Waals surface area (Å²) in [5.41, 5.74) is -2.02. The largest absolute Gasteiger partial charge is 0.435 e. The summed E-state index contributed by atoms with van der Waals surface area (Å²) in [6, 6.07) is 12.2. The van der Waals surface area contributed by atoms with Crippen LogP contribution >= 0.6 is 15.9 Å². The third-order valence-corrected chi connectivity index (χ3v) is 7.48. The topological polar surface area (TPSA) is 92.7 Å². The molecule has 226 valence electrons. The minimum atomic E-state index is -4.87. The number of alkyl halides is 3. The lowest BCUT2D eigenvalue weighted by molar-refractivity contribution is -0.275. The van der Waals surface area contributed by atoms with E-state index in [1.807, 2.05) is 0 Å². The second-order valence-electron chi connectivity index (χ2n) is 10.1. The molecule has 2 amide bonds. The molecule has 3 aromatic carbocycles. The number of carbonyl (C=O) groups is 2. The summed E-state index contributed by atoms with van der Waals surface area (Å²) in [6.45, 7) is 3.05. The normalized spacial score (nSPS) is 16.2. The third-order valence-electron chi connectivity index (χ3n) is 7.04. The summed E-state index contributed by atoms with van der Waals surface area (Å²) in [5.74, 6) is -2.67. The van der Waals surface area contributed by atoms with Gasteiger partial charge in [-0.15, -0.1) is 0 Å². The Kier molecular flexibility index (Phi) is 8.25. The Bertz CT molecular complexity index is 1790. The zero-order valence-electron chi connectivity index (χ0n) is 23.0. The molecule has 0 radical (unpaired) electrons. The van der Waals surface area contributed by atoms with Gasteiger partial charge in [0.25, 0.3) is 17.4 Å². The molecule has 44 heavy (non-hydrogen) atoms. The fourth-order valence-electron chi connectivity index (χ4n) is 4.77. The molecule has 7 nitrogen and oxygen atoms in total. The third kappa shape index (κ3) is 6.05. The number of nitrogens with zero attached hydrogens (tertiary/aromatic N) is 2. The Balaban J connectivity index is 1.38. The number of rotatable bonds is 6. The Morgan fingerprint density at radius 2 is 1.55 bits per heavy atom. The van der Waals surface area contributed by atoms with Crippen LogP contribution in [-0.2, 0) is 10.4 Å². The van der Waals surface area contributed by atoms with E-state index in [0.717, 1.165) is 24.3 Å². The fraction of sp³-hybridized carbons (Fsp3) is 0.161. The number of carbonyl (C=O) groups excluding carboxylic acids is 2. The van der Waals surface area contributed by atoms with E-state index >= 15 is 0 Å². The Labute approximate surface area is 256 Å². The lowest BCUT2D eigenvalue weighted by Gasteiger charge is -2.30. The molecule has 1 aliphatic rings. The molecule has 1 unspecified atom stereocenters. The molecular formula is C31H22BrF5N4O3. The molecule has 0 saturated carbocycles. The maximum absolute atomic E-state index is 14.5. The van der Waals surface area contributed by atoms with E-state index in [2.05, 4.69) is 36.7 Å². The molecule has 0 fully saturated rings. The van der Waals surface area contributed by atoms with Crippen LogP contribution in [0.4, 0.5) is 33.3 Å². The Hall–Kier alpha value is -4.65. The number of amides is 2. The lowest BCUT2D eigenvalue weighted by atomic mass is 9.84. The van der Waals surface area contributed by atoms with Gasteiger partial charge in [0.2, 0.25) is 0 Å². The van der Waals surface area contributed by atoms with Crippen molar-refractivity contribution in [3.05, 3.63) is 123 Å². The molecule has 2 N–H and O–H groups in total. The van der Waals surface area contributed by atoms with Crippen molar-refractivity contribution in [2.45, 2.75) is 32.0 Å². The first-order valence-corrected chi connectivity index (χ1v) is 13.8. The number of pyridine rings is 1. The molecule has 0 aliphatic carbocycles. The SMILES string of the molecule is Cc1cc(C2(C(F)(F)F)CC(c3ccc(F)cc3)=NO2)cc(C)c1NC(=O)c1ccc(F)c(NC(=O)c2cncc(Br)c2)c1. The number of anilines is 2. The molecule has 1 aliphatic heterocycles. The lowest BCUT2D eigenvalue weighted by Crippen LogP contribution is -2.42. The summed E-state index contributed by atoms with van der Waals surface area (Å²) < 4.78 is 72.0. The van der Waals surface area contributed by atoms with Gasteiger partial charge in [0, 0.05) is 40.1 Å². The quantitative estimate of drug-likeness (QED) is 0.204. The van der Waals surface area contributed by atoms with E-state index in [1.54, 1.807) is 0 Å². The predicted molar refractivity (Wildman–Crippen MR) is 157 cm³/mol. The predicted octanol–water partition coefficient (Wildman–Crippen LogP) is 7.83. The molecular weight excluding hydrogens is 651 g/mol. The highest BCUT2D eigenvalue weighted by atomic mass is 79.9. The van der Waals surface area contributed by atoms with Crippen molar-refractivity contribution in [1.82, 2.24) is 4.98 Å². The van der Waals surface area contributed by atoms with Gasteiger partial charge in [-0.2, -0.15) is 13.2 Å². The molecule has 4 aromatic rings. The zero-order valence-corrected chi connectivity index (χ0v) is 24.6. The van der Waals surface area contributed by atoms with Crippen molar-refractivity contribution >= 4 is 44.8 Å². The van der Waals surface area contributed by atoms with Crippen LogP contribution in [0.15, 0.2) is 82.7 Å². The van der Waals surface area contributed by atoms with Crippen molar-refractivity contribution in [3.8, 4) is 0 Å². The van der Waals surface area contributed by atoms with Crippen molar-refractivity contribution < 1.29 is 36.4 Å². The fourth-order valence-corrected chi connectivity index (χ4v) is 5.14. The Morgan fingerprint density at radius 1 is 0.886 bits per heavy atom. The summed E-state index contributed by atoms with van der Waals surface area (Å²) in [4.78, 5) is 34.7. The van der Waals surface area contributed by atoms with Gasteiger partial charge in [-0.3, -0.25) is 14.6 Å². The highest BCUT2D eigenvalue weighted by molar-refractivity contribution is 9.10. The van der Waals surface area contributed by atoms with E-state index in [1.165, 1.54) is 62.6 Å². The van der Waals surface area contributed by atoms with E-state index in [4.69, 9.17) is 4.84 Å². The van der Waals surface area contributed by atoms with Crippen LogP contribution in [0.25, 0.3) is 0 Å². The number of benzene rings is 3. The first-order chi connectivity index (χ1) is 20.8. The van der Waals surface area contributed by atoms with E-state index in [9.17, 15) is 31.5 Å². The minimum Gasteiger partial charge on any atom is -0.374 e. The van der Waals surface area contributed by atoms with Crippen molar-refractivity contribution in [2.75, 3.05) is 10.6 Å². The zero-order chi connectivity index (χ0) is 31.8. The first-order valence-electron chi connectivity index (χ1n) is 13.0. The highest BCUT2D eigenvalue weighted by Crippen LogP contribution is 2.49. The first kappa shape index (κ1) is 30.8. The van der Waals surface area contributed by atoms with Gasteiger partial charge in [-0.05, 0) is 95.0 Å². The van der Waals surface area contributed by atoms with Gasteiger partial charge >= 0.3 is 6.18 Å². The van der Waals surface area contributed by atoms with Crippen LogP contribution in [-0.4, -0.2) is 28.7 Å². The summed E-state index contributed by atoms with van der Waals surface area (Å²) in [6.07, 6.45) is -2.75. The molecule has 5 rings (SSSR count). The summed E-state index contributed by atoms with van der Waals surface area (Å²) in [5, 5.41) is 8.77. The van der Waals surface area contributed by atoms with Crippen LogP contribution in [0.3, 0.4) is 0 Å². The molecule has 0 bridgehead atoms. The van der Waals surface area contributed by atoms with Gasteiger partial charge in [0.15, 0.2) is 0 Å². The average Bonchev–Trinajstić information content (AvgIpc) is 3.43. The number of oxime groups is 1. The average molecular weight is 673 g/mol. The van der Waals surface area contributed by atoms with Crippen molar-refractivity contribution in [2.24, 2.45) is 5.16 Å². The second kappa shape index (κ2) is 11.8. The number of halogens is 6. The van der Waals surface area contributed by atoms with Crippen LogP contribution < -0.4 is 10.6 Å². The van der Waals surface area contributed by atoms with Crippen LogP contribution in [0.5, 0.6) is 0 Å². The number of hydrogen-bond donors (Lipinski definition) is 2. The van der Waals surface area contributed by atoms with Crippen molar-refractivity contribution in [1.29, 1.82) is 0 Å². The van der Waals surface area contributed by atoms with Gasteiger partial charge in [0.1, 0.15) is 11.6 Å². The summed E-state index contributed by atoms with van der Waals surface area (Å²) >= 11 is 3.21. The maximum atomic E-state index is 14.5. The number of aromatic nitrogens is 1. The highest BCUT2D eigenvalue weighted by Gasteiger charge is 2.62. The van der Waals surface area contributed by atoms with Crippen LogP contribution in [0.1, 0.15) is 49.4 Å². The van der Waals surface area contributed by atoms with Gasteiger partial charge < -0.3 is 15.5 Å². The van der Waals surface area contributed by atoms with Crippen LogP contribution in [0.2, 0.25) is 0 Å². The van der Waals surface area contributed by atoms with E-state index in [-0.39, 0.29) is 39.3 Å². The van der Waals surface area contributed by atoms with Gasteiger partial charge in [-0.1, -0.05) is 17.3 Å². The van der Waals surface area contributed by atoms with Gasteiger partial charge in [-0.25, -0.2) is 8.78 Å².